The molecule has 35 heavy (non-hydrogen) atoms. The molecule has 0 bridgehead atoms. The van der Waals surface area contributed by atoms with Crippen LogP contribution >= 0.6 is 0 Å². The summed E-state index contributed by atoms with van der Waals surface area (Å²) >= 11 is 0. The number of fused-ring (bicyclic) bond motifs is 5. The van der Waals surface area contributed by atoms with Crippen LogP contribution in [0.3, 0.4) is 0 Å². The van der Waals surface area contributed by atoms with Crippen molar-refractivity contribution in [3.05, 3.63) is 121 Å². The molecule has 0 radical (unpaired) electrons. The van der Waals surface area contributed by atoms with E-state index in [1.807, 2.05) is 0 Å². The van der Waals surface area contributed by atoms with Crippen LogP contribution in [0.4, 0.5) is 0 Å². The predicted octanol–water partition coefficient (Wildman–Crippen LogP) is 7.89. The Bertz CT molecular complexity index is 1870. The quantitative estimate of drug-likeness (QED) is 0.237. The molecule has 2 nitrogen and oxygen atoms in total. The van der Waals surface area contributed by atoms with Crippen molar-refractivity contribution in [3.63, 3.8) is 0 Å². The summed E-state index contributed by atoms with van der Waals surface area (Å²) in [6.07, 6.45) is 0. The first-order valence-electron chi connectivity index (χ1n) is 12.1. The predicted molar refractivity (Wildman–Crippen MR) is 147 cm³/mol. The van der Waals surface area contributed by atoms with E-state index < -0.39 is 0 Å². The van der Waals surface area contributed by atoms with E-state index in [1.165, 1.54) is 66.0 Å². The third kappa shape index (κ3) is 2.87. The minimum absolute atomic E-state index is 1.21. The molecule has 0 aliphatic heterocycles. The third-order valence-electron chi connectivity index (χ3n) is 7.47. The molecule has 0 fully saturated rings. The van der Waals surface area contributed by atoms with Gasteiger partial charge in [-0.05, 0) is 47.5 Å². The van der Waals surface area contributed by atoms with Crippen molar-refractivity contribution >= 4 is 43.5 Å². The lowest BCUT2D eigenvalue weighted by Crippen LogP contribution is -2.32. The molecule has 0 amide bonds. The van der Waals surface area contributed by atoms with E-state index in [-0.39, 0.29) is 0 Å². The van der Waals surface area contributed by atoms with Gasteiger partial charge in [-0.2, -0.15) is 4.57 Å². The van der Waals surface area contributed by atoms with Gasteiger partial charge in [0.1, 0.15) is 7.05 Å². The van der Waals surface area contributed by atoms with Crippen LogP contribution in [-0.2, 0) is 7.05 Å². The Kier molecular flexibility index (Phi) is 4.31. The Morgan fingerprint density at radius 3 is 1.86 bits per heavy atom. The molecule has 2 heteroatoms. The lowest BCUT2D eigenvalue weighted by Gasteiger charge is -2.14. The molecule has 0 aliphatic rings. The molecule has 7 aromatic rings. The number of aryl methyl sites for hydroxylation is 2. The number of nitrogens with zero attached hydrogens (tertiary/aromatic N) is 2. The molecule has 0 saturated heterocycles. The summed E-state index contributed by atoms with van der Waals surface area (Å²) in [5, 5.41) is 6.38. The lowest BCUT2D eigenvalue weighted by molar-refractivity contribution is -0.633. The maximum absolute atomic E-state index is 2.44. The van der Waals surface area contributed by atoms with E-state index >= 15 is 0 Å². The van der Waals surface area contributed by atoms with E-state index in [9.17, 15) is 0 Å². The first-order valence-corrected chi connectivity index (χ1v) is 12.1. The number of rotatable bonds is 2. The van der Waals surface area contributed by atoms with Crippen molar-refractivity contribution in [1.29, 1.82) is 0 Å². The number of pyridine rings is 1. The fourth-order valence-electron chi connectivity index (χ4n) is 5.75. The van der Waals surface area contributed by atoms with Crippen LogP contribution in [0.5, 0.6) is 0 Å². The Morgan fingerprint density at radius 1 is 0.571 bits per heavy atom. The van der Waals surface area contributed by atoms with Gasteiger partial charge in [-0.15, -0.1) is 0 Å². The molecule has 0 atom stereocenters. The van der Waals surface area contributed by atoms with Crippen LogP contribution in [0, 0.1) is 6.92 Å². The number of aromatic nitrogens is 2. The zero-order chi connectivity index (χ0) is 23.5. The van der Waals surface area contributed by atoms with Gasteiger partial charge in [-0.25, -0.2) is 0 Å². The monoisotopic (exact) mass is 449 g/mol. The number of hydrogen-bond acceptors (Lipinski definition) is 0. The van der Waals surface area contributed by atoms with Crippen molar-refractivity contribution in [1.82, 2.24) is 4.57 Å². The van der Waals surface area contributed by atoms with Crippen molar-refractivity contribution in [2.45, 2.75) is 6.92 Å². The van der Waals surface area contributed by atoms with E-state index in [0.717, 1.165) is 0 Å². The lowest BCUT2D eigenvalue weighted by atomic mass is 9.96. The van der Waals surface area contributed by atoms with Crippen LogP contribution < -0.4 is 4.57 Å². The van der Waals surface area contributed by atoms with E-state index in [0.29, 0.717) is 0 Å². The van der Waals surface area contributed by atoms with Gasteiger partial charge < -0.3 is 4.57 Å². The highest BCUT2D eigenvalue weighted by Crippen LogP contribution is 2.36. The summed E-state index contributed by atoms with van der Waals surface area (Å²) in [6.45, 7) is 2.24. The summed E-state index contributed by atoms with van der Waals surface area (Å²) in [4.78, 5) is 0. The summed E-state index contributed by atoms with van der Waals surface area (Å²) in [6, 6.07) is 41.8. The van der Waals surface area contributed by atoms with Gasteiger partial charge in [0.2, 0.25) is 11.2 Å². The normalized spacial score (nSPS) is 11.7. The minimum atomic E-state index is 1.21. The van der Waals surface area contributed by atoms with E-state index in [4.69, 9.17) is 0 Å². The maximum atomic E-state index is 2.44. The van der Waals surface area contributed by atoms with Gasteiger partial charge >= 0.3 is 0 Å². The Balaban J connectivity index is 1.64. The summed E-state index contributed by atoms with van der Waals surface area (Å²) < 4.78 is 4.77. The highest BCUT2D eigenvalue weighted by molar-refractivity contribution is 6.10. The molecule has 0 saturated carbocycles. The van der Waals surface area contributed by atoms with Crippen molar-refractivity contribution < 1.29 is 4.57 Å². The first kappa shape index (κ1) is 20.0. The smallest absolute Gasteiger partial charge is 0.215 e. The zero-order valence-corrected chi connectivity index (χ0v) is 19.9. The average Bonchev–Trinajstić information content (AvgIpc) is 3.24. The van der Waals surface area contributed by atoms with Gasteiger partial charge in [0.25, 0.3) is 0 Å². The molecule has 2 aromatic heterocycles. The molecule has 0 N–H and O–H groups in total. The SMILES string of the molecule is Cc1c(-c2cc(-n3c4ccccc4c4ccccc43)c3ccccc3[n+]2C)ccc2ccccc12. The van der Waals surface area contributed by atoms with Crippen molar-refractivity contribution in [2.75, 3.05) is 0 Å². The van der Waals surface area contributed by atoms with Crippen LogP contribution in [-0.4, -0.2) is 4.57 Å². The van der Waals surface area contributed by atoms with Crippen molar-refractivity contribution in [2.24, 2.45) is 7.05 Å². The summed E-state index contributed by atoms with van der Waals surface area (Å²) in [5.41, 5.74) is 8.67. The van der Waals surface area contributed by atoms with Crippen molar-refractivity contribution in [3.8, 4) is 16.9 Å². The topological polar surface area (TPSA) is 8.81 Å². The summed E-state index contributed by atoms with van der Waals surface area (Å²) in [7, 11) is 2.18. The molecule has 7 rings (SSSR count). The minimum Gasteiger partial charge on any atom is -0.308 e. The highest BCUT2D eigenvalue weighted by Gasteiger charge is 2.23. The average molecular weight is 450 g/mol. The molecule has 2 heterocycles. The fraction of sp³-hybridized carbons (Fsp3) is 0.0606. The third-order valence-corrected chi connectivity index (χ3v) is 7.47. The molecule has 0 spiro atoms. The van der Waals surface area contributed by atoms with Gasteiger partial charge in [0, 0.05) is 28.5 Å². The van der Waals surface area contributed by atoms with Crippen LogP contribution in [0.2, 0.25) is 0 Å². The molecular weight excluding hydrogens is 424 g/mol. The van der Waals surface area contributed by atoms with Gasteiger partial charge in [0.15, 0.2) is 0 Å². The van der Waals surface area contributed by atoms with Gasteiger partial charge in [0.05, 0.1) is 22.1 Å². The summed E-state index contributed by atoms with van der Waals surface area (Å²) in [5.74, 6) is 0. The van der Waals surface area contributed by atoms with E-state index in [2.05, 4.69) is 138 Å². The van der Waals surface area contributed by atoms with Gasteiger partial charge in [-0.1, -0.05) is 78.9 Å². The molecule has 0 unspecified atom stereocenters. The first-order chi connectivity index (χ1) is 17.2. The molecule has 0 aliphatic carbocycles. The number of para-hydroxylation sites is 3. The zero-order valence-electron chi connectivity index (χ0n) is 19.9. The van der Waals surface area contributed by atoms with Gasteiger partial charge in [-0.3, -0.25) is 0 Å². The maximum Gasteiger partial charge on any atom is 0.215 e. The highest BCUT2D eigenvalue weighted by atomic mass is 15.0. The second-order valence-corrected chi connectivity index (χ2v) is 9.32. The van der Waals surface area contributed by atoms with Crippen LogP contribution in [0.25, 0.3) is 60.4 Å². The second-order valence-electron chi connectivity index (χ2n) is 9.32. The van der Waals surface area contributed by atoms with Crippen LogP contribution in [0.1, 0.15) is 5.56 Å². The Labute approximate surface area is 204 Å². The largest absolute Gasteiger partial charge is 0.308 e. The Hall–Kier alpha value is -4.43. The molecular formula is C33H25N2+. The number of hydrogen-bond donors (Lipinski definition) is 0. The Morgan fingerprint density at radius 2 is 1.14 bits per heavy atom. The number of benzene rings is 5. The molecule has 166 valence electrons. The molecule has 5 aromatic carbocycles. The second kappa shape index (κ2) is 7.54. The fourth-order valence-corrected chi connectivity index (χ4v) is 5.75. The van der Waals surface area contributed by atoms with E-state index in [1.54, 1.807) is 0 Å². The standard InChI is InChI=1S/C33H25N2/c1-22-24-12-4-3-11-23(24)19-20-25(22)32-21-33(28-15-7-8-16-29(28)34(32)2)35-30-17-9-5-13-26(30)27-14-6-10-18-31(27)35/h3-21H,1-2H3/q+1. The van der Waals surface area contributed by atoms with Crippen LogP contribution in [0.15, 0.2) is 115 Å².